The molecular formula is C30H34N4O7S. The van der Waals surface area contributed by atoms with E-state index < -0.39 is 22.5 Å². The van der Waals surface area contributed by atoms with E-state index in [1.807, 2.05) is 6.92 Å². The molecule has 1 aliphatic heterocycles. The van der Waals surface area contributed by atoms with Gasteiger partial charge in [-0.3, -0.25) is 13.9 Å². The summed E-state index contributed by atoms with van der Waals surface area (Å²) in [6.07, 6.45) is 3.44. The summed E-state index contributed by atoms with van der Waals surface area (Å²) < 4.78 is 44.4. The van der Waals surface area contributed by atoms with Crippen LogP contribution in [0.25, 0.3) is 0 Å². The van der Waals surface area contributed by atoms with Crippen LogP contribution in [0, 0.1) is 0 Å². The maximum atomic E-state index is 13.5. The fraction of sp³-hybridized carbons (Fsp3) is 0.300. The van der Waals surface area contributed by atoms with Gasteiger partial charge in [0, 0.05) is 13.2 Å². The van der Waals surface area contributed by atoms with Gasteiger partial charge in [-0.25, -0.2) is 13.8 Å². The average molecular weight is 595 g/mol. The Morgan fingerprint density at radius 3 is 2.33 bits per heavy atom. The molecule has 1 atom stereocenters. The number of anilines is 1. The molecule has 2 N–H and O–H groups in total. The molecular weight excluding hydrogens is 560 g/mol. The molecule has 2 amide bonds. The molecule has 1 aliphatic rings. The number of hydrogen-bond acceptors (Lipinski definition) is 8. The van der Waals surface area contributed by atoms with Crippen molar-refractivity contribution in [1.29, 1.82) is 0 Å². The molecule has 222 valence electrons. The number of nitrogens with zero attached hydrogens (tertiary/aromatic N) is 2. The van der Waals surface area contributed by atoms with E-state index in [4.69, 9.17) is 14.2 Å². The summed E-state index contributed by atoms with van der Waals surface area (Å²) in [4.78, 5) is 24.8. The number of rotatable bonds is 14. The molecule has 3 aromatic rings. The van der Waals surface area contributed by atoms with Gasteiger partial charge in [0.2, 0.25) is 0 Å². The topological polar surface area (TPSA) is 136 Å². The average Bonchev–Trinajstić information content (AvgIpc) is 3.53. The fourth-order valence-corrected chi connectivity index (χ4v) is 5.56. The first-order valence-electron chi connectivity index (χ1n) is 13.6. The minimum atomic E-state index is -4.07. The van der Waals surface area contributed by atoms with Crippen LogP contribution in [0.1, 0.15) is 25.3 Å². The van der Waals surface area contributed by atoms with Crippen LogP contribution in [-0.2, 0) is 24.3 Å². The van der Waals surface area contributed by atoms with E-state index in [-0.39, 0.29) is 23.5 Å². The number of carbonyl (C=O) groups is 2. The van der Waals surface area contributed by atoms with Crippen LogP contribution in [0.3, 0.4) is 0 Å². The number of benzene rings is 3. The lowest BCUT2D eigenvalue weighted by Crippen LogP contribution is -2.39. The zero-order valence-corrected chi connectivity index (χ0v) is 24.1. The molecule has 42 heavy (non-hydrogen) atoms. The predicted molar refractivity (Wildman–Crippen MR) is 158 cm³/mol. The van der Waals surface area contributed by atoms with Crippen molar-refractivity contribution in [1.82, 2.24) is 10.7 Å². The van der Waals surface area contributed by atoms with E-state index in [2.05, 4.69) is 15.8 Å². The number of carbonyl (C=O) groups excluding carboxylic acids is 2. The molecule has 3 aromatic carbocycles. The van der Waals surface area contributed by atoms with Crippen LogP contribution in [0.2, 0.25) is 0 Å². The summed E-state index contributed by atoms with van der Waals surface area (Å²) >= 11 is 0. The monoisotopic (exact) mass is 594 g/mol. The lowest BCUT2D eigenvalue weighted by Gasteiger charge is -2.23. The number of hydrazone groups is 1. The van der Waals surface area contributed by atoms with Crippen LogP contribution < -0.4 is 24.5 Å². The number of hydrogen-bond donors (Lipinski definition) is 2. The third-order valence-corrected chi connectivity index (χ3v) is 8.05. The Balaban J connectivity index is 1.31. The summed E-state index contributed by atoms with van der Waals surface area (Å²) in [5.74, 6) is 0.193. The zero-order chi connectivity index (χ0) is 29.8. The summed E-state index contributed by atoms with van der Waals surface area (Å²) in [6.45, 7) is 2.89. The number of ether oxygens (including phenoxy) is 3. The van der Waals surface area contributed by atoms with Gasteiger partial charge in [-0.2, -0.15) is 5.10 Å². The molecule has 0 saturated carbocycles. The first-order chi connectivity index (χ1) is 20.3. The molecule has 1 heterocycles. The van der Waals surface area contributed by atoms with Crippen molar-refractivity contribution in [3.63, 3.8) is 0 Å². The Bertz CT molecular complexity index is 1440. The van der Waals surface area contributed by atoms with Gasteiger partial charge >= 0.3 is 0 Å². The quantitative estimate of drug-likeness (QED) is 0.216. The van der Waals surface area contributed by atoms with Crippen molar-refractivity contribution >= 4 is 33.7 Å². The van der Waals surface area contributed by atoms with Gasteiger partial charge in [-0.15, -0.1) is 0 Å². The van der Waals surface area contributed by atoms with Crippen LogP contribution in [-0.4, -0.2) is 65.5 Å². The first kappa shape index (κ1) is 30.5. The van der Waals surface area contributed by atoms with E-state index in [0.29, 0.717) is 35.9 Å². The minimum Gasteiger partial charge on any atom is -0.494 e. The van der Waals surface area contributed by atoms with Crippen LogP contribution >= 0.6 is 0 Å². The van der Waals surface area contributed by atoms with Gasteiger partial charge in [-0.1, -0.05) is 18.2 Å². The second kappa shape index (κ2) is 15.0. The molecule has 11 nitrogen and oxygen atoms in total. The Hall–Kier alpha value is -4.42. The van der Waals surface area contributed by atoms with Crippen molar-refractivity contribution in [2.24, 2.45) is 5.10 Å². The van der Waals surface area contributed by atoms with E-state index in [1.165, 1.54) is 18.3 Å². The van der Waals surface area contributed by atoms with E-state index in [0.717, 1.165) is 23.8 Å². The minimum absolute atomic E-state index is 0.0220. The van der Waals surface area contributed by atoms with Gasteiger partial charge in [0.25, 0.3) is 21.8 Å². The van der Waals surface area contributed by atoms with Crippen molar-refractivity contribution in [3.8, 4) is 11.5 Å². The van der Waals surface area contributed by atoms with Gasteiger partial charge in [0.15, 0.2) is 6.61 Å². The third kappa shape index (κ3) is 8.79. The highest BCUT2D eigenvalue weighted by Gasteiger charge is 2.27. The smallest absolute Gasteiger partial charge is 0.264 e. The van der Waals surface area contributed by atoms with Gasteiger partial charge in [-0.05, 0) is 86.0 Å². The highest BCUT2D eigenvalue weighted by Crippen LogP contribution is 2.25. The largest absolute Gasteiger partial charge is 0.494 e. The number of sulfonamides is 1. The summed E-state index contributed by atoms with van der Waals surface area (Å²) in [7, 11) is -4.07. The number of para-hydroxylation sites is 1. The molecule has 0 aliphatic carbocycles. The number of amides is 2. The van der Waals surface area contributed by atoms with Crippen molar-refractivity contribution in [3.05, 3.63) is 84.4 Å². The molecule has 0 spiro atoms. The predicted octanol–water partition coefficient (Wildman–Crippen LogP) is 3.10. The van der Waals surface area contributed by atoms with Gasteiger partial charge in [0.05, 0.1) is 29.5 Å². The van der Waals surface area contributed by atoms with Gasteiger partial charge < -0.3 is 19.5 Å². The fourth-order valence-electron chi connectivity index (χ4n) is 4.14. The molecule has 1 fully saturated rings. The lowest BCUT2D eigenvalue weighted by atomic mass is 10.2. The molecule has 0 radical (unpaired) electrons. The Kier molecular flexibility index (Phi) is 10.9. The van der Waals surface area contributed by atoms with E-state index in [1.54, 1.807) is 66.7 Å². The molecule has 1 saturated heterocycles. The molecule has 0 bridgehead atoms. The Morgan fingerprint density at radius 1 is 0.976 bits per heavy atom. The van der Waals surface area contributed by atoms with E-state index >= 15 is 0 Å². The standard InChI is InChI=1S/C30H34N4O7S/c1-2-39-25-14-16-28(17-15-25)42(37,38)34(24-7-4-3-5-8-24)21-29(35)33-32-19-23-10-12-26(13-11-23)41-22-30(36)31-20-27-9-6-18-40-27/h3-5,7-8,10-17,19,27H,2,6,9,18,20-22H2,1H3,(H,31,36)(H,33,35)/b32-19-/t27-/m1/s1. The molecule has 12 heteroatoms. The van der Waals surface area contributed by atoms with Crippen LogP contribution in [0.5, 0.6) is 11.5 Å². The highest BCUT2D eigenvalue weighted by atomic mass is 32.2. The summed E-state index contributed by atoms with van der Waals surface area (Å²) in [5, 5.41) is 6.76. The van der Waals surface area contributed by atoms with Crippen LogP contribution in [0.4, 0.5) is 5.69 Å². The second-order valence-electron chi connectivity index (χ2n) is 9.34. The summed E-state index contributed by atoms with van der Waals surface area (Å²) in [6, 6.07) is 21.2. The Morgan fingerprint density at radius 2 is 1.67 bits per heavy atom. The van der Waals surface area contributed by atoms with Crippen molar-refractivity contribution in [2.75, 3.05) is 37.2 Å². The maximum Gasteiger partial charge on any atom is 0.264 e. The molecule has 0 aromatic heterocycles. The van der Waals surface area contributed by atoms with E-state index in [9.17, 15) is 18.0 Å². The third-order valence-electron chi connectivity index (χ3n) is 6.26. The SMILES string of the molecule is CCOc1ccc(S(=O)(=O)N(CC(=O)N/N=C\c2ccc(OCC(=O)NC[C@H]3CCCO3)cc2)c2ccccc2)cc1. The molecule has 4 rings (SSSR count). The number of nitrogens with one attached hydrogen (secondary N) is 2. The molecule has 0 unspecified atom stereocenters. The summed E-state index contributed by atoms with van der Waals surface area (Å²) in [5.41, 5.74) is 3.38. The lowest BCUT2D eigenvalue weighted by molar-refractivity contribution is -0.123. The first-order valence-corrected chi connectivity index (χ1v) is 15.0. The Labute approximate surface area is 245 Å². The van der Waals surface area contributed by atoms with Gasteiger partial charge in [0.1, 0.15) is 18.0 Å². The normalized spacial score (nSPS) is 14.8. The highest BCUT2D eigenvalue weighted by molar-refractivity contribution is 7.92. The van der Waals surface area contributed by atoms with Crippen molar-refractivity contribution < 1.29 is 32.2 Å². The maximum absolute atomic E-state index is 13.5. The van der Waals surface area contributed by atoms with Crippen molar-refractivity contribution in [2.45, 2.75) is 30.8 Å². The zero-order valence-electron chi connectivity index (χ0n) is 23.3. The second-order valence-corrected chi connectivity index (χ2v) is 11.2. The van der Waals surface area contributed by atoms with Crippen LogP contribution in [0.15, 0.2) is 88.9 Å².